The molecule has 0 aromatic carbocycles. The average molecular weight is 331 g/mol. The number of ether oxygens (including phenoxy) is 2. The summed E-state index contributed by atoms with van der Waals surface area (Å²) < 4.78 is 9.89. The van der Waals surface area contributed by atoms with Crippen LogP contribution in [0, 0.1) is 0 Å². The van der Waals surface area contributed by atoms with Crippen LogP contribution < -0.4 is 0 Å². The van der Waals surface area contributed by atoms with Gasteiger partial charge in [0.1, 0.15) is 13.2 Å². The molecule has 0 radical (unpaired) electrons. The Kier molecular flexibility index (Phi) is 14.0. The Labute approximate surface area is 127 Å². The molecule has 0 aliphatic rings. The number of carbonyl (C=O) groups excluding carboxylic acids is 2. The molecule has 106 valence electrons. The number of esters is 2. The molecule has 0 N–H and O–H groups in total. The van der Waals surface area contributed by atoms with Gasteiger partial charge in [-0.15, -0.1) is 0 Å². The maximum atomic E-state index is 11.0. The summed E-state index contributed by atoms with van der Waals surface area (Å²) in [4.78, 5) is 21.9. The zero-order valence-corrected chi connectivity index (χ0v) is 13.4. The standard InChI is InChI=1S/C10H18O4S4/c11-9(1-5-15)13-3-7-17-18-8-4-14-10(12)2-6-16/h15-16H,1-8H2. The summed E-state index contributed by atoms with van der Waals surface area (Å²) in [7, 11) is 3.18. The number of hydrogen-bond acceptors (Lipinski definition) is 8. The van der Waals surface area contributed by atoms with Crippen LogP contribution in [-0.2, 0) is 19.1 Å². The molecule has 18 heavy (non-hydrogen) atoms. The van der Waals surface area contributed by atoms with Gasteiger partial charge < -0.3 is 9.47 Å². The van der Waals surface area contributed by atoms with Gasteiger partial charge in [-0.05, 0) is 0 Å². The van der Waals surface area contributed by atoms with Crippen LogP contribution in [0.3, 0.4) is 0 Å². The Morgan fingerprint density at radius 3 is 1.56 bits per heavy atom. The smallest absolute Gasteiger partial charge is 0.306 e. The maximum absolute atomic E-state index is 11.0. The van der Waals surface area contributed by atoms with Gasteiger partial charge in [0, 0.05) is 23.0 Å². The summed E-state index contributed by atoms with van der Waals surface area (Å²) in [5.74, 6) is 2.06. The lowest BCUT2D eigenvalue weighted by Crippen LogP contribution is -2.08. The highest BCUT2D eigenvalue weighted by molar-refractivity contribution is 8.76. The largest absolute Gasteiger partial charge is 0.465 e. The van der Waals surface area contributed by atoms with Crippen molar-refractivity contribution in [3.8, 4) is 0 Å². The summed E-state index contributed by atoms with van der Waals surface area (Å²) in [5, 5.41) is 0. The van der Waals surface area contributed by atoms with Crippen LogP contribution in [-0.4, -0.2) is 48.2 Å². The zero-order valence-electron chi connectivity index (χ0n) is 10.0. The van der Waals surface area contributed by atoms with Crippen molar-refractivity contribution in [3.63, 3.8) is 0 Å². The molecule has 0 saturated heterocycles. The van der Waals surface area contributed by atoms with Crippen LogP contribution in [0.1, 0.15) is 12.8 Å². The van der Waals surface area contributed by atoms with E-state index in [0.717, 1.165) is 11.5 Å². The summed E-state index contributed by atoms with van der Waals surface area (Å²) in [6.45, 7) is 0.813. The van der Waals surface area contributed by atoms with Gasteiger partial charge in [0.05, 0.1) is 12.8 Å². The minimum atomic E-state index is -0.212. The summed E-state index contributed by atoms with van der Waals surface area (Å²) in [5.41, 5.74) is 0. The molecule has 0 saturated carbocycles. The molecule has 0 atom stereocenters. The lowest BCUT2D eigenvalue weighted by atomic mass is 10.5. The van der Waals surface area contributed by atoms with E-state index in [1.165, 1.54) is 0 Å². The van der Waals surface area contributed by atoms with E-state index in [9.17, 15) is 9.59 Å². The topological polar surface area (TPSA) is 52.6 Å². The maximum Gasteiger partial charge on any atom is 0.306 e. The quantitative estimate of drug-likeness (QED) is 0.262. The van der Waals surface area contributed by atoms with Gasteiger partial charge in [-0.25, -0.2) is 0 Å². The van der Waals surface area contributed by atoms with E-state index in [0.29, 0.717) is 37.6 Å². The summed E-state index contributed by atoms with van der Waals surface area (Å²) in [6.07, 6.45) is 0.698. The van der Waals surface area contributed by atoms with Crippen molar-refractivity contribution < 1.29 is 19.1 Å². The molecule has 0 fully saturated rings. The van der Waals surface area contributed by atoms with Crippen molar-refractivity contribution in [1.82, 2.24) is 0 Å². The molecule has 4 nitrogen and oxygen atoms in total. The Bertz CT molecular complexity index is 214. The first-order valence-electron chi connectivity index (χ1n) is 5.48. The molecule has 0 aliphatic heterocycles. The van der Waals surface area contributed by atoms with Gasteiger partial charge in [-0.3, -0.25) is 9.59 Å². The van der Waals surface area contributed by atoms with Gasteiger partial charge >= 0.3 is 11.9 Å². The average Bonchev–Trinajstić information content (AvgIpc) is 2.33. The molecule has 8 heteroatoms. The first-order chi connectivity index (χ1) is 8.70. The van der Waals surface area contributed by atoms with Gasteiger partial charge in [-0.2, -0.15) is 25.3 Å². The first-order valence-corrected chi connectivity index (χ1v) is 9.23. The van der Waals surface area contributed by atoms with Crippen molar-refractivity contribution in [1.29, 1.82) is 0 Å². The van der Waals surface area contributed by atoms with E-state index < -0.39 is 0 Å². The van der Waals surface area contributed by atoms with E-state index in [4.69, 9.17) is 9.47 Å². The highest BCUT2D eigenvalue weighted by Crippen LogP contribution is 2.20. The molecule has 0 rings (SSSR count). The summed E-state index contributed by atoms with van der Waals surface area (Å²) >= 11 is 7.87. The minimum Gasteiger partial charge on any atom is -0.465 e. The highest BCUT2D eigenvalue weighted by Gasteiger charge is 2.02. The van der Waals surface area contributed by atoms with Crippen LogP contribution >= 0.6 is 46.8 Å². The fourth-order valence-electron chi connectivity index (χ4n) is 0.824. The van der Waals surface area contributed by atoms with Crippen molar-refractivity contribution >= 4 is 58.8 Å². The number of thiol groups is 2. The Morgan fingerprint density at radius 1 is 0.833 bits per heavy atom. The Balaban J connectivity index is 3.16. The predicted molar refractivity (Wildman–Crippen MR) is 83.8 cm³/mol. The number of rotatable bonds is 11. The number of hydrogen-bond donors (Lipinski definition) is 2. The second kappa shape index (κ2) is 13.8. The molecule has 0 aromatic heterocycles. The van der Waals surface area contributed by atoms with E-state index >= 15 is 0 Å². The van der Waals surface area contributed by atoms with Gasteiger partial charge in [-0.1, -0.05) is 21.6 Å². The van der Waals surface area contributed by atoms with E-state index in [2.05, 4.69) is 25.3 Å². The van der Waals surface area contributed by atoms with Crippen molar-refractivity contribution in [2.24, 2.45) is 0 Å². The Morgan fingerprint density at radius 2 is 1.22 bits per heavy atom. The second-order valence-electron chi connectivity index (χ2n) is 3.03. The first kappa shape index (κ1) is 18.3. The Hall–Kier alpha value is 0.340. The lowest BCUT2D eigenvalue weighted by Gasteiger charge is -2.04. The van der Waals surface area contributed by atoms with Crippen LogP contribution in [0.15, 0.2) is 0 Å². The molecule has 0 unspecified atom stereocenters. The second-order valence-corrected chi connectivity index (χ2v) is 6.63. The monoisotopic (exact) mass is 330 g/mol. The third-order valence-corrected chi connectivity index (χ3v) is 4.36. The number of carbonyl (C=O) groups is 2. The zero-order chi connectivity index (χ0) is 13.6. The van der Waals surface area contributed by atoms with Crippen molar-refractivity contribution in [2.75, 3.05) is 36.2 Å². The predicted octanol–water partition coefficient (Wildman–Crippen LogP) is 2.09. The lowest BCUT2D eigenvalue weighted by molar-refractivity contribution is -0.143. The molecule has 0 aliphatic carbocycles. The molecule has 0 amide bonds. The third kappa shape index (κ3) is 12.8. The fraction of sp³-hybridized carbons (Fsp3) is 0.800. The van der Waals surface area contributed by atoms with Crippen molar-refractivity contribution in [3.05, 3.63) is 0 Å². The van der Waals surface area contributed by atoms with E-state index in [1.807, 2.05) is 0 Å². The van der Waals surface area contributed by atoms with Crippen LogP contribution in [0.4, 0.5) is 0 Å². The van der Waals surface area contributed by atoms with Crippen LogP contribution in [0.25, 0.3) is 0 Å². The summed E-state index contributed by atoms with van der Waals surface area (Å²) in [6, 6.07) is 0. The molecular formula is C10H18O4S4. The highest BCUT2D eigenvalue weighted by atomic mass is 33.1. The van der Waals surface area contributed by atoms with Gasteiger partial charge in [0.15, 0.2) is 0 Å². The molecule has 0 heterocycles. The van der Waals surface area contributed by atoms with Gasteiger partial charge in [0.2, 0.25) is 0 Å². The molecule has 0 bridgehead atoms. The molecule has 0 spiro atoms. The van der Waals surface area contributed by atoms with Crippen LogP contribution in [0.2, 0.25) is 0 Å². The van der Waals surface area contributed by atoms with Crippen molar-refractivity contribution in [2.45, 2.75) is 12.8 Å². The fourth-order valence-corrected chi connectivity index (χ4v) is 2.84. The van der Waals surface area contributed by atoms with E-state index in [1.54, 1.807) is 21.6 Å². The molecule has 0 aromatic rings. The van der Waals surface area contributed by atoms with Gasteiger partial charge in [0.25, 0.3) is 0 Å². The van der Waals surface area contributed by atoms with Crippen LogP contribution in [0.5, 0.6) is 0 Å². The molecular weight excluding hydrogens is 312 g/mol. The third-order valence-electron chi connectivity index (χ3n) is 1.57. The normalized spacial score (nSPS) is 10.1. The van der Waals surface area contributed by atoms with E-state index in [-0.39, 0.29) is 11.9 Å². The minimum absolute atomic E-state index is 0.212. The SMILES string of the molecule is O=C(CCS)OCCSSCCOC(=O)CCS.